The van der Waals surface area contributed by atoms with Gasteiger partial charge in [0, 0.05) is 37.5 Å². The molecule has 0 aliphatic rings. The van der Waals surface area contributed by atoms with Gasteiger partial charge in [-0.3, -0.25) is 14.4 Å². The van der Waals surface area contributed by atoms with Crippen LogP contribution in [-0.4, -0.2) is 73.5 Å². The Morgan fingerprint density at radius 3 is 0.657 bits per heavy atom. The first-order chi connectivity index (χ1) is 49.3. The van der Waals surface area contributed by atoms with Crippen molar-refractivity contribution in [2.75, 3.05) is 19.8 Å². The second-order valence-corrected chi connectivity index (χ2v) is 23.9. The SMILES string of the molecule is CCCCCCCCCCC(=O)Oc1ccc(C(=O)Oc2ccc(C(=O)OCC)cc2)c(F)c1.CCCCCCCCCCC(=O)Oc1ccc(C(=O)Oc2ccc(C(=O)OCC)cc2)c(F)c1.CCCCCCCCCCC(=O)Oc1ccc(C(=O)Oc2ccc(C(=O)OCC)cc2)c(F)c1. The minimum atomic E-state index is -0.904. The second kappa shape index (κ2) is 49.8. The molecule has 0 saturated carbocycles. The molecular formula is C81H99F3O18. The summed E-state index contributed by atoms with van der Waals surface area (Å²) in [6.07, 6.45) is 27.6. The molecule has 6 aromatic carbocycles. The Morgan fingerprint density at radius 2 is 0.451 bits per heavy atom. The molecule has 6 rings (SSSR count). The van der Waals surface area contributed by atoms with E-state index in [1.54, 1.807) is 20.8 Å². The van der Waals surface area contributed by atoms with Crippen LogP contribution in [0.15, 0.2) is 127 Å². The molecule has 0 saturated heterocycles. The molecule has 0 fully saturated rings. The first-order valence-electron chi connectivity index (χ1n) is 35.8. The van der Waals surface area contributed by atoms with Crippen LogP contribution in [0.3, 0.4) is 0 Å². The molecule has 0 heterocycles. The number of carbonyl (C=O) groups excluding carboxylic acids is 9. The van der Waals surface area contributed by atoms with Gasteiger partial charge in [-0.2, -0.15) is 0 Å². The van der Waals surface area contributed by atoms with Crippen molar-refractivity contribution in [2.45, 2.75) is 215 Å². The molecule has 0 radical (unpaired) electrons. The van der Waals surface area contributed by atoms with E-state index >= 15 is 0 Å². The summed E-state index contributed by atoms with van der Waals surface area (Å²) in [4.78, 5) is 108. The molecule has 102 heavy (non-hydrogen) atoms. The van der Waals surface area contributed by atoms with Crippen molar-refractivity contribution < 1.29 is 99.0 Å². The molecular weight excluding hydrogens is 1320 g/mol. The third kappa shape index (κ3) is 33.7. The largest absolute Gasteiger partial charge is 0.462 e. The van der Waals surface area contributed by atoms with E-state index in [9.17, 15) is 56.3 Å². The van der Waals surface area contributed by atoms with Gasteiger partial charge in [0.2, 0.25) is 0 Å². The number of halogens is 3. The fourth-order valence-electron chi connectivity index (χ4n) is 10.0. The van der Waals surface area contributed by atoms with Crippen LogP contribution in [0.25, 0.3) is 0 Å². The Bertz CT molecular complexity index is 3180. The zero-order chi connectivity index (χ0) is 74.3. The summed E-state index contributed by atoms with van der Waals surface area (Å²) in [5, 5.41) is 0. The van der Waals surface area contributed by atoms with Crippen LogP contribution in [0.5, 0.6) is 34.5 Å². The third-order valence-corrected chi connectivity index (χ3v) is 15.6. The Hall–Kier alpha value is -9.66. The van der Waals surface area contributed by atoms with Gasteiger partial charge in [0.1, 0.15) is 51.9 Å². The van der Waals surface area contributed by atoms with Crippen molar-refractivity contribution in [1.29, 1.82) is 0 Å². The Balaban J connectivity index is 0.000000324. The van der Waals surface area contributed by atoms with Crippen LogP contribution in [0.2, 0.25) is 0 Å². The molecule has 0 bridgehead atoms. The summed E-state index contributed by atoms with van der Waals surface area (Å²) >= 11 is 0. The molecule has 21 heteroatoms. The summed E-state index contributed by atoms with van der Waals surface area (Å²) in [6.45, 7) is 12.4. The van der Waals surface area contributed by atoms with Crippen molar-refractivity contribution in [3.05, 3.63) is 178 Å². The summed E-state index contributed by atoms with van der Waals surface area (Å²) in [6, 6.07) is 27.9. The maximum Gasteiger partial charge on any atom is 0.346 e. The number of ether oxygens (including phenoxy) is 9. The van der Waals surface area contributed by atoms with Crippen molar-refractivity contribution in [3.63, 3.8) is 0 Å². The van der Waals surface area contributed by atoms with Gasteiger partial charge in [-0.25, -0.2) is 41.9 Å². The van der Waals surface area contributed by atoms with Crippen LogP contribution < -0.4 is 28.4 Å². The van der Waals surface area contributed by atoms with E-state index in [1.807, 2.05) is 0 Å². The van der Waals surface area contributed by atoms with E-state index in [0.717, 1.165) is 76.0 Å². The summed E-state index contributed by atoms with van der Waals surface area (Å²) in [5.41, 5.74) is 0.0509. The number of hydrogen-bond acceptors (Lipinski definition) is 18. The molecule has 18 nitrogen and oxygen atoms in total. The van der Waals surface area contributed by atoms with Crippen molar-refractivity contribution in [3.8, 4) is 34.5 Å². The van der Waals surface area contributed by atoms with E-state index in [4.69, 9.17) is 42.6 Å². The lowest BCUT2D eigenvalue weighted by Crippen LogP contribution is -2.12. The molecule has 552 valence electrons. The highest BCUT2D eigenvalue weighted by Crippen LogP contribution is 2.26. The molecule has 0 N–H and O–H groups in total. The molecule has 0 aliphatic heterocycles. The number of hydrogen-bond donors (Lipinski definition) is 0. The Morgan fingerprint density at radius 1 is 0.245 bits per heavy atom. The zero-order valence-electron chi connectivity index (χ0n) is 59.8. The fourth-order valence-corrected chi connectivity index (χ4v) is 10.0. The van der Waals surface area contributed by atoms with E-state index < -0.39 is 71.2 Å². The topological polar surface area (TPSA) is 237 Å². The maximum absolute atomic E-state index is 14.4. The lowest BCUT2D eigenvalue weighted by molar-refractivity contribution is -0.135. The van der Waals surface area contributed by atoms with Gasteiger partial charge >= 0.3 is 53.7 Å². The zero-order valence-corrected chi connectivity index (χ0v) is 59.8. The highest BCUT2D eigenvalue weighted by molar-refractivity contribution is 5.94. The van der Waals surface area contributed by atoms with Crippen molar-refractivity contribution in [2.24, 2.45) is 0 Å². The molecule has 0 aromatic heterocycles. The summed E-state index contributed by atoms with van der Waals surface area (Å²) < 4.78 is 89.0. The van der Waals surface area contributed by atoms with Gasteiger partial charge in [0.25, 0.3) is 0 Å². The first-order valence-corrected chi connectivity index (χ1v) is 35.8. The normalized spacial score (nSPS) is 10.6. The van der Waals surface area contributed by atoms with Gasteiger partial charge in [0.15, 0.2) is 0 Å². The van der Waals surface area contributed by atoms with E-state index in [-0.39, 0.29) is 90.3 Å². The maximum atomic E-state index is 14.4. The smallest absolute Gasteiger partial charge is 0.346 e. The molecule has 0 spiro atoms. The predicted octanol–water partition coefficient (Wildman–Crippen LogP) is 20.0. The van der Waals surface area contributed by atoms with Crippen LogP contribution in [0.4, 0.5) is 13.2 Å². The first kappa shape index (κ1) is 84.8. The average Bonchev–Trinajstić information content (AvgIpc) is 0.930. The van der Waals surface area contributed by atoms with Crippen LogP contribution in [0.1, 0.15) is 277 Å². The quantitative estimate of drug-likeness (QED) is 0.0150. The van der Waals surface area contributed by atoms with Gasteiger partial charge in [-0.15, -0.1) is 0 Å². The van der Waals surface area contributed by atoms with Crippen LogP contribution >= 0.6 is 0 Å². The minimum Gasteiger partial charge on any atom is -0.462 e. The number of carbonyl (C=O) groups is 9. The van der Waals surface area contributed by atoms with E-state index in [2.05, 4.69) is 20.8 Å². The Kier molecular flexibility index (Phi) is 41.4. The lowest BCUT2D eigenvalue weighted by Gasteiger charge is -2.08. The van der Waals surface area contributed by atoms with E-state index in [0.29, 0.717) is 16.7 Å². The molecule has 0 atom stereocenters. The van der Waals surface area contributed by atoms with Gasteiger partial charge in [-0.05, 0) is 149 Å². The minimum absolute atomic E-state index is 0.0393. The van der Waals surface area contributed by atoms with Crippen molar-refractivity contribution >= 4 is 53.7 Å². The van der Waals surface area contributed by atoms with Crippen LogP contribution in [-0.2, 0) is 28.6 Å². The highest BCUT2D eigenvalue weighted by atomic mass is 19.1. The Labute approximate surface area is 597 Å². The second-order valence-electron chi connectivity index (χ2n) is 23.9. The van der Waals surface area contributed by atoms with E-state index in [1.165, 1.54) is 206 Å². The molecule has 0 unspecified atom stereocenters. The number of esters is 9. The lowest BCUT2D eigenvalue weighted by atomic mass is 10.1. The molecule has 0 amide bonds. The van der Waals surface area contributed by atoms with Gasteiger partial charge in [-0.1, -0.05) is 156 Å². The van der Waals surface area contributed by atoms with Crippen molar-refractivity contribution in [1.82, 2.24) is 0 Å². The molecule has 0 aliphatic carbocycles. The average molecular weight is 1420 g/mol. The monoisotopic (exact) mass is 1420 g/mol. The number of benzene rings is 6. The van der Waals surface area contributed by atoms with Gasteiger partial charge < -0.3 is 42.6 Å². The third-order valence-electron chi connectivity index (χ3n) is 15.6. The molecule has 6 aromatic rings. The fraction of sp³-hybridized carbons (Fsp3) is 0.444. The highest BCUT2D eigenvalue weighted by Gasteiger charge is 2.21. The summed E-state index contributed by atoms with van der Waals surface area (Å²) in [7, 11) is 0. The number of rotatable bonds is 42. The van der Waals surface area contributed by atoms with Gasteiger partial charge in [0.05, 0.1) is 53.2 Å². The predicted molar refractivity (Wildman–Crippen MR) is 380 cm³/mol. The van der Waals surface area contributed by atoms with Crippen LogP contribution in [0, 0.1) is 17.5 Å². The summed E-state index contributed by atoms with van der Waals surface area (Å²) in [5.74, 6) is -7.46. The number of unbranched alkanes of at least 4 members (excludes halogenated alkanes) is 21. The standard InChI is InChI=1S/3C27H33FO6/c3*1-3-5-6-7-8-9-10-11-12-25(29)33-22-17-18-23(24(28)19-22)27(31)34-21-15-13-20(14-16-21)26(30)32-4-2/h3*13-19H,3-12H2,1-2H3.